The molecule has 26 heavy (non-hydrogen) atoms. The smallest absolute Gasteiger partial charge is 0.352 e. The third-order valence-electron chi connectivity index (χ3n) is 2.88. The Bertz CT molecular complexity index is 756. The Balaban J connectivity index is 2.41. The Kier molecular flexibility index (Phi) is 5.58. The molecule has 0 spiro atoms. The first kappa shape index (κ1) is 20.1. The Labute approximate surface area is 148 Å². The fraction of sp³-hybridized carbons (Fsp3) is 0.538. The molecule has 1 unspecified atom stereocenters. The molecule has 2 N–H and O–H groups in total. The zero-order valence-corrected chi connectivity index (χ0v) is 14.5. The van der Waals surface area contributed by atoms with Crippen molar-refractivity contribution in [3.63, 3.8) is 0 Å². The maximum absolute atomic E-state index is 12.7. The lowest BCUT2D eigenvalue weighted by Crippen LogP contribution is -2.34. The molecule has 0 saturated heterocycles. The monoisotopic (exact) mass is 400 g/mol. The lowest BCUT2D eigenvalue weighted by atomic mass is 10.3. The van der Waals surface area contributed by atoms with Crippen LogP contribution in [0.2, 0.25) is 0 Å². The molecule has 0 bridgehead atoms. The van der Waals surface area contributed by atoms with Gasteiger partial charge in [0.15, 0.2) is 16.5 Å². The minimum absolute atomic E-state index is 0.0781. The summed E-state index contributed by atoms with van der Waals surface area (Å²) in [6.07, 6.45) is -9.20. The Morgan fingerprint density at radius 3 is 1.92 bits per heavy atom. The molecule has 13 heteroatoms. The van der Waals surface area contributed by atoms with E-state index in [2.05, 4.69) is 30.6 Å². The molecule has 0 aliphatic rings. The van der Waals surface area contributed by atoms with Crippen molar-refractivity contribution < 1.29 is 26.3 Å². The highest BCUT2D eigenvalue weighted by Gasteiger charge is 2.37. The summed E-state index contributed by atoms with van der Waals surface area (Å²) >= 11 is 0.629. The summed E-state index contributed by atoms with van der Waals surface area (Å²) in [5, 5.41) is 5.44. The van der Waals surface area contributed by atoms with E-state index < -0.39 is 30.0 Å². The van der Waals surface area contributed by atoms with Gasteiger partial charge in [-0.05, 0) is 20.8 Å². The van der Waals surface area contributed by atoms with Gasteiger partial charge in [-0.25, -0.2) is 4.98 Å². The van der Waals surface area contributed by atoms with Gasteiger partial charge in [-0.2, -0.15) is 41.3 Å². The molecule has 0 aliphatic carbocycles. The molecule has 6 nitrogen and oxygen atoms in total. The van der Waals surface area contributed by atoms with Crippen LogP contribution in [0.15, 0.2) is 5.38 Å². The van der Waals surface area contributed by atoms with Crippen molar-refractivity contribution >= 4 is 23.2 Å². The van der Waals surface area contributed by atoms with Gasteiger partial charge in [0, 0.05) is 11.4 Å². The molecule has 0 aliphatic heterocycles. The van der Waals surface area contributed by atoms with E-state index in [0.717, 1.165) is 12.3 Å². The molecule has 0 saturated carbocycles. The molecule has 0 fully saturated rings. The van der Waals surface area contributed by atoms with Gasteiger partial charge in [0.05, 0.1) is 0 Å². The van der Waals surface area contributed by atoms with Gasteiger partial charge in [0.2, 0.25) is 11.9 Å². The first-order valence-electron chi connectivity index (χ1n) is 7.25. The lowest BCUT2D eigenvalue weighted by Gasteiger charge is -2.18. The van der Waals surface area contributed by atoms with Crippen LogP contribution in [-0.2, 0) is 6.18 Å². The summed E-state index contributed by atoms with van der Waals surface area (Å²) in [7, 11) is 0. The van der Waals surface area contributed by atoms with Gasteiger partial charge >= 0.3 is 12.4 Å². The quantitative estimate of drug-likeness (QED) is 0.733. The number of aromatic nitrogens is 4. The standard InChI is InChI=1S/C13H14F6N6S/c1-5(2)20-10-23-8(9-22-7(4-26-9)13(17,18)19)24-11(25-10)21-6(3)12(14,15)16/h4-6H,1-3H3,(H2,20,21,23,24,25). The zero-order valence-electron chi connectivity index (χ0n) is 13.7. The van der Waals surface area contributed by atoms with Gasteiger partial charge < -0.3 is 10.6 Å². The lowest BCUT2D eigenvalue weighted by molar-refractivity contribution is -0.140. The Morgan fingerprint density at radius 1 is 0.885 bits per heavy atom. The normalized spacial score (nSPS) is 13.8. The summed E-state index contributed by atoms with van der Waals surface area (Å²) < 4.78 is 76.2. The van der Waals surface area contributed by atoms with Crippen LogP contribution in [0.1, 0.15) is 26.5 Å². The van der Waals surface area contributed by atoms with Gasteiger partial charge in [0.1, 0.15) is 6.04 Å². The molecule has 0 radical (unpaired) electrons. The summed E-state index contributed by atoms with van der Waals surface area (Å²) in [4.78, 5) is 14.9. The van der Waals surface area contributed by atoms with Crippen LogP contribution in [0.3, 0.4) is 0 Å². The average molecular weight is 400 g/mol. The van der Waals surface area contributed by atoms with E-state index in [-0.39, 0.29) is 22.8 Å². The summed E-state index contributed by atoms with van der Waals surface area (Å²) in [5.41, 5.74) is -1.13. The number of nitrogens with zero attached hydrogens (tertiary/aromatic N) is 4. The topological polar surface area (TPSA) is 75.6 Å². The second-order valence-electron chi connectivity index (χ2n) is 5.55. The minimum atomic E-state index is -4.65. The van der Waals surface area contributed by atoms with Crippen LogP contribution in [0.5, 0.6) is 0 Å². The Hall–Kier alpha value is -2.18. The number of halogens is 6. The average Bonchev–Trinajstić information content (AvgIpc) is 2.95. The van der Waals surface area contributed by atoms with Crippen molar-refractivity contribution in [1.82, 2.24) is 19.9 Å². The molecular formula is C13H14F6N6S. The molecule has 2 rings (SSSR count). The van der Waals surface area contributed by atoms with E-state index in [9.17, 15) is 26.3 Å². The largest absolute Gasteiger partial charge is 0.434 e. The molecule has 0 amide bonds. The van der Waals surface area contributed by atoms with E-state index in [0.29, 0.717) is 11.3 Å². The van der Waals surface area contributed by atoms with E-state index >= 15 is 0 Å². The SMILES string of the molecule is CC(C)Nc1nc(NC(C)C(F)(F)F)nc(-c2nc(C(F)(F)F)cs2)n1. The predicted octanol–water partition coefficient (Wildman–Crippen LogP) is 4.20. The van der Waals surface area contributed by atoms with E-state index in [1.807, 2.05) is 0 Å². The van der Waals surface area contributed by atoms with Gasteiger partial charge in [-0.3, -0.25) is 0 Å². The highest BCUT2D eigenvalue weighted by Crippen LogP contribution is 2.33. The number of hydrogen-bond donors (Lipinski definition) is 2. The van der Waals surface area contributed by atoms with Crippen LogP contribution >= 0.6 is 11.3 Å². The maximum Gasteiger partial charge on any atom is 0.434 e. The van der Waals surface area contributed by atoms with E-state index in [1.54, 1.807) is 13.8 Å². The zero-order chi connectivity index (χ0) is 19.7. The van der Waals surface area contributed by atoms with Crippen LogP contribution in [-0.4, -0.2) is 38.2 Å². The fourth-order valence-corrected chi connectivity index (χ4v) is 2.40. The summed E-state index contributed by atoms with van der Waals surface area (Å²) in [6, 6.07) is -2.13. The van der Waals surface area contributed by atoms with Gasteiger partial charge in [0.25, 0.3) is 0 Å². The van der Waals surface area contributed by atoms with Crippen molar-refractivity contribution in [2.24, 2.45) is 0 Å². The molecule has 2 aromatic heterocycles. The van der Waals surface area contributed by atoms with Crippen LogP contribution in [0, 0.1) is 0 Å². The van der Waals surface area contributed by atoms with E-state index in [1.165, 1.54) is 0 Å². The summed E-state index contributed by atoms with van der Waals surface area (Å²) in [6.45, 7) is 4.34. The molecule has 2 aromatic rings. The van der Waals surface area contributed by atoms with Crippen LogP contribution in [0.25, 0.3) is 10.8 Å². The fourth-order valence-electron chi connectivity index (χ4n) is 1.64. The highest BCUT2D eigenvalue weighted by molar-refractivity contribution is 7.13. The molecule has 0 aromatic carbocycles. The van der Waals surface area contributed by atoms with Crippen molar-refractivity contribution in [2.75, 3.05) is 10.6 Å². The first-order valence-corrected chi connectivity index (χ1v) is 8.13. The third-order valence-corrected chi connectivity index (χ3v) is 3.71. The Morgan fingerprint density at radius 2 is 1.46 bits per heavy atom. The van der Waals surface area contributed by atoms with Gasteiger partial charge in [-0.15, -0.1) is 11.3 Å². The molecular weight excluding hydrogens is 386 g/mol. The van der Waals surface area contributed by atoms with Crippen molar-refractivity contribution in [3.8, 4) is 10.8 Å². The number of thiazole rings is 1. The minimum Gasteiger partial charge on any atom is -0.352 e. The number of hydrogen-bond acceptors (Lipinski definition) is 7. The second kappa shape index (κ2) is 7.21. The third kappa shape index (κ3) is 5.16. The van der Waals surface area contributed by atoms with Crippen molar-refractivity contribution in [2.45, 2.75) is 45.2 Å². The highest BCUT2D eigenvalue weighted by atomic mass is 32.1. The van der Waals surface area contributed by atoms with Crippen molar-refractivity contribution in [3.05, 3.63) is 11.1 Å². The van der Waals surface area contributed by atoms with E-state index in [4.69, 9.17) is 0 Å². The second-order valence-corrected chi connectivity index (χ2v) is 6.41. The molecule has 2 heterocycles. The van der Waals surface area contributed by atoms with Gasteiger partial charge in [-0.1, -0.05) is 0 Å². The van der Waals surface area contributed by atoms with Crippen LogP contribution in [0.4, 0.5) is 38.2 Å². The first-order chi connectivity index (χ1) is 11.9. The number of anilines is 2. The maximum atomic E-state index is 12.7. The number of nitrogens with one attached hydrogen (secondary N) is 2. The number of rotatable bonds is 5. The number of alkyl halides is 6. The summed E-state index contributed by atoms with van der Waals surface area (Å²) in [5.74, 6) is -0.766. The van der Waals surface area contributed by atoms with Crippen molar-refractivity contribution in [1.29, 1.82) is 0 Å². The predicted molar refractivity (Wildman–Crippen MR) is 83.8 cm³/mol. The van der Waals surface area contributed by atoms with Crippen LogP contribution < -0.4 is 10.6 Å². The molecule has 1 atom stereocenters. The molecule has 144 valence electrons.